The number of benzene rings is 2. The van der Waals surface area contributed by atoms with Crippen LogP contribution in [0.3, 0.4) is 0 Å². The molecule has 0 saturated heterocycles. The van der Waals surface area contributed by atoms with Crippen LogP contribution in [0.4, 0.5) is 0 Å². The Kier molecular flexibility index (Phi) is 7.08. The van der Waals surface area contributed by atoms with Crippen LogP contribution in [0.5, 0.6) is 0 Å². The number of rotatable bonds is 6. The summed E-state index contributed by atoms with van der Waals surface area (Å²) in [6.07, 6.45) is 0. The average molecular weight is 432 g/mol. The van der Waals surface area contributed by atoms with Crippen LogP contribution in [0.2, 0.25) is 5.02 Å². The highest BCUT2D eigenvalue weighted by Gasteiger charge is 2.16. The van der Waals surface area contributed by atoms with Crippen LogP contribution in [0, 0.1) is 6.92 Å². The van der Waals surface area contributed by atoms with Crippen LogP contribution in [0.25, 0.3) is 10.6 Å². The Hall–Kier alpha value is -2.35. The number of hydrogen-bond donors (Lipinski definition) is 2. The Balaban J connectivity index is 1.48. The number of aryl methyl sites for hydroxylation is 1. The summed E-state index contributed by atoms with van der Waals surface area (Å²) >= 11 is 8.60. The van der Waals surface area contributed by atoms with Gasteiger partial charge in [0.15, 0.2) is 0 Å². The fourth-order valence-corrected chi connectivity index (χ4v) is 4.25. The molecule has 2 aromatic carbocycles. The molecule has 1 heterocycles. The molecule has 0 aliphatic rings. The molecule has 0 radical (unpaired) electrons. The van der Waals surface area contributed by atoms with Crippen molar-refractivity contribution in [2.45, 2.75) is 12.7 Å². The SMILES string of the molecule is Cc1nc(-c2ccccc2)sc1C(=O)NNC(=O)CSCc1ccc(Cl)cc1. The molecule has 0 fully saturated rings. The maximum absolute atomic E-state index is 12.4. The largest absolute Gasteiger partial charge is 0.281 e. The normalized spacial score (nSPS) is 10.5. The molecule has 2 amide bonds. The first-order chi connectivity index (χ1) is 13.5. The van der Waals surface area contributed by atoms with Crippen LogP contribution < -0.4 is 10.9 Å². The summed E-state index contributed by atoms with van der Waals surface area (Å²) in [5.41, 5.74) is 7.58. The zero-order valence-electron chi connectivity index (χ0n) is 15.1. The summed E-state index contributed by atoms with van der Waals surface area (Å²) in [4.78, 5) is 29.3. The van der Waals surface area contributed by atoms with Gasteiger partial charge >= 0.3 is 0 Å². The van der Waals surface area contributed by atoms with E-state index in [0.29, 0.717) is 21.3 Å². The number of hydrazine groups is 1. The van der Waals surface area contributed by atoms with E-state index in [4.69, 9.17) is 11.6 Å². The first-order valence-corrected chi connectivity index (χ1v) is 10.8. The van der Waals surface area contributed by atoms with Gasteiger partial charge in [-0.1, -0.05) is 54.1 Å². The fourth-order valence-electron chi connectivity index (χ4n) is 2.37. The molecule has 3 rings (SSSR count). The smallest absolute Gasteiger partial charge is 0.272 e. The second-order valence-electron chi connectivity index (χ2n) is 5.92. The minimum absolute atomic E-state index is 0.236. The third-order valence-corrected chi connectivity index (χ3v) is 6.22. The first-order valence-electron chi connectivity index (χ1n) is 8.47. The van der Waals surface area contributed by atoms with Gasteiger partial charge in [-0.05, 0) is 24.6 Å². The number of aromatic nitrogens is 1. The van der Waals surface area contributed by atoms with E-state index in [1.807, 2.05) is 54.6 Å². The molecule has 0 spiro atoms. The van der Waals surface area contributed by atoms with Crippen molar-refractivity contribution in [1.29, 1.82) is 0 Å². The number of amides is 2. The van der Waals surface area contributed by atoms with Crippen LogP contribution >= 0.6 is 34.7 Å². The lowest BCUT2D eigenvalue weighted by Crippen LogP contribution is -2.42. The van der Waals surface area contributed by atoms with Crippen molar-refractivity contribution >= 4 is 46.5 Å². The van der Waals surface area contributed by atoms with Gasteiger partial charge in [-0.3, -0.25) is 20.4 Å². The van der Waals surface area contributed by atoms with Gasteiger partial charge in [-0.15, -0.1) is 23.1 Å². The number of carbonyl (C=O) groups excluding carboxylic acids is 2. The Labute approximate surface area is 176 Å². The van der Waals surface area contributed by atoms with Gasteiger partial charge in [-0.25, -0.2) is 4.98 Å². The van der Waals surface area contributed by atoms with Gasteiger partial charge in [0.1, 0.15) is 9.88 Å². The predicted octanol–water partition coefficient (Wildman–Crippen LogP) is 4.47. The summed E-state index contributed by atoms with van der Waals surface area (Å²) in [5.74, 6) is 0.290. The van der Waals surface area contributed by atoms with E-state index in [1.54, 1.807) is 6.92 Å². The minimum atomic E-state index is -0.367. The topological polar surface area (TPSA) is 71.1 Å². The lowest BCUT2D eigenvalue weighted by molar-refractivity contribution is -0.119. The van der Waals surface area contributed by atoms with Gasteiger partial charge in [0.25, 0.3) is 5.91 Å². The van der Waals surface area contributed by atoms with Crippen molar-refractivity contribution in [2.24, 2.45) is 0 Å². The van der Waals surface area contributed by atoms with Crippen LogP contribution in [-0.4, -0.2) is 22.6 Å². The summed E-state index contributed by atoms with van der Waals surface area (Å²) < 4.78 is 0. The number of hydrogen-bond acceptors (Lipinski definition) is 5. The van der Waals surface area contributed by atoms with Gasteiger partial charge in [0, 0.05) is 16.3 Å². The molecule has 5 nitrogen and oxygen atoms in total. The van der Waals surface area contributed by atoms with Crippen molar-refractivity contribution in [1.82, 2.24) is 15.8 Å². The molecule has 3 aromatic rings. The number of carbonyl (C=O) groups is 2. The number of thiazole rings is 1. The number of nitrogens with one attached hydrogen (secondary N) is 2. The van der Waals surface area contributed by atoms with Crippen LogP contribution in [0.15, 0.2) is 54.6 Å². The zero-order valence-corrected chi connectivity index (χ0v) is 17.5. The highest BCUT2D eigenvalue weighted by molar-refractivity contribution is 7.99. The van der Waals surface area contributed by atoms with Crippen LogP contribution in [0.1, 0.15) is 20.9 Å². The molecule has 28 heavy (non-hydrogen) atoms. The third kappa shape index (κ3) is 5.58. The van der Waals surface area contributed by atoms with E-state index in [9.17, 15) is 9.59 Å². The summed E-state index contributed by atoms with van der Waals surface area (Å²) in [7, 11) is 0. The Morgan fingerprint density at radius 1 is 1.07 bits per heavy atom. The van der Waals surface area contributed by atoms with E-state index in [1.165, 1.54) is 23.1 Å². The van der Waals surface area contributed by atoms with E-state index >= 15 is 0 Å². The monoisotopic (exact) mass is 431 g/mol. The van der Waals surface area contributed by atoms with Crippen molar-refractivity contribution in [3.63, 3.8) is 0 Å². The Morgan fingerprint density at radius 2 is 1.79 bits per heavy atom. The first kappa shape index (κ1) is 20.4. The van der Waals surface area contributed by atoms with Crippen molar-refractivity contribution < 1.29 is 9.59 Å². The lowest BCUT2D eigenvalue weighted by atomic mass is 10.2. The highest BCUT2D eigenvalue weighted by atomic mass is 35.5. The molecule has 0 saturated carbocycles. The summed E-state index contributed by atoms with van der Waals surface area (Å²) in [6, 6.07) is 17.1. The highest BCUT2D eigenvalue weighted by Crippen LogP contribution is 2.27. The molecule has 144 valence electrons. The fraction of sp³-hybridized carbons (Fsp3) is 0.150. The summed E-state index contributed by atoms with van der Waals surface area (Å²) in [5, 5.41) is 1.45. The molecule has 8 heteroatoms. The molecule has 0 aliphatic carbocycles. The van der Waals surface area contributed by atoms with Gasteiger partial charge < -0.3 is 0 Å². The standard InChI is InChI=1S/C20H18ClN3O2S2/c1-13-18(28-20(22-13)15-5-3-2-4-6-15)19(26)24-23-17(25)12-27-11-14-7-9-16(21)10-8-14/h2-10H,11-12H2,1H3,(H,23,25)(H,24,26). The molecular formula is C20H18ClN3O2S2. The third-order valence-electron chi connectivity index (χ3n) is 3.75. The second-order valence-corrected chi connectivity index (χ2v) is 8.34. The van der Waals surface area contributed by atoms with Gasteiger partial charge in [-0.2, -0.15) is 0 Å². The maximum Gasteiger partial charge on any atom is 0.281 e. The summed E-state index contributed by atoms with van der Waals surface area (Å²) in [6.45, 7) is 1.78. The Morgan fingerprint density at radius 3 is 2.50 bits per heavy atom. The van der Waals surface area contributed by atoms with E-state index in [0.717, 1.165) is 16.1 Å². The number of nitrogens with zero attached hydrogens (tertiary/aromatic N) is 1. The predicted molar refractivity (Wildman–Crippen MR) is 116 cm³/mol. The molecule has 0 unspecified atom stereocenters. The van der Waals surface area contributed by atoms with Crippen molar-refractivity contribution in [3.8, 4) is 10.6 Å². The molecule has 2 N–H and O–H groups in total. The average Bonchev–Trinajstić information content (AvgIpc) is 3.10. The van der Waals surface area contributed by atoms with E-state index < -0.39 is 0 Å². The second kappa shape index (κ2) is 9.73. The minimum Gasteiger partial charge on any atom is -0.272 e. The lowest BCUT2D eigenvalue weighted by Gasteiger charge is -2.06. The zero-order chi connectivity index (χ0) is 19.9. The molecule has 0 aliphatic heterocycles. The molecule has 0 bridgehead atoms. The number of thioether (sulfide) groups is 1. The van der Waals surface area contributed by atoms with Crippen molar-refractivity contribution in [3.05, 3.63) is 75.8 Å². The maximum atomic E-state index is 12.4. The van der Waals surface area contributed by atoms with Crippen molar-refractivity contribution in [2.75, 3.05) is 5.75 Å². The van der Waals surface area contributed by atoms with E-state index in [2.05, 4.69) is 15.8 Å². The number of halogens is 1. The molecule has 0 atom stereocenters. The molecule has 1 aromatic heterocycles. The van der Waals surface area contributed by atoms with E-state index in [-0.39, 0.29) is 17.6 Å². The van der Waals surface area contributed by atoms with Gasteiger partial charge in [0.05, 0.1) is 11.4 Å². The van der Waals surface area contributed by atoms with Crippen LogP contribution in [-0.2, 0) is 10.5 Å². The molecular weight excluding hydrogens is 414 g/mol. The quantitative estimate of drug-likeness (QED) is 0.565. The Bertz CT molecular complexity index is 959. The van der Waals surface area contributed by atoms with Gasteiger partial charge in [0.2, 0.25) is 5.91 Å².